The first kappa shape index (κ1) is 15.3. The second-order valence-corrected chi connectivity index (χ2v) is 6.79. The fourth-order valence-electron chi connectivity index (χ4n) is 3.00. The maximum Gasteiger partial charge on any atom is 0.339 e. The summed E-state index contributed by atoms with van der Waals surface area (Å²) in [5.41, 5.74) is 0.751. The number of dihydropyridines is 1. The summed E-state index contributed by atoms with van der Waals surface area (Å²) in [6.07, 6.45) is -7.19. The van der Waals surface area contributed by atoms with E-state index >= 15 is 0 Å². The maximum atomic E-state index is 13.1. The smallest absolute Gasteiger partial charge is 0.339 e. The largest absolute Gasteiger partial charge is 0.466 e. The quantitative estimate of drug-likeness (QED) is 0.478. The average molecular weight is 463 g/mol. The molecule has 1 aromatic carbocycles. The summed E-state index contributed by atoms with van der Waals surface area (Å²) < 4.78 is 66.1. The van der Waals surface area contributed by atoms with Crippen LogP contribution in [-0.4, -0.2) is 31.8 Å². The van der Waals surface area contributed by atoms with Gasteiger partial charge in [-0.25, -0.2) is 9.59 Å². The van der Waals surface area contributed by atoms with Crippen molar-refractivity contribution in [1.82, 2.24) is 5.32 Å². The Morgan fingerprint density at radius 1 is 1.13 bits per heavy atom. The molecule has 0 amide bonds. The molecule has 0 spiro atoms. The topological polar surface area (TPSA) is 90.9 Å². The highest BCUT2D eigenvalue weighted by atomic mass is 35.5. The molecule has 9 heteroatoms. The molecule has 1 unspecified atom stereocenters. The molecule has 2 rings (SSSR count). The van der Waals surface area contributed by atoms with E-state index in [9.17, 15) is 14.4 Å². The zero-order valence-electron chi connectivity index (χ0n) is 23.2. The second-order valence-electron chi connectivity index (χ2n) is 6.00. The summed E-state index contributed by atoms with van der Waals surface area (Å²) in [7, 11) is 1.15. The zero-order valence-corrected chi connectivity index (χ0v) is 17.7. The molecule has 7 nitrogen and oxygen atoms in total. The molecule has 1 atom stereocenters. The SMILES string of the molecule is [2H]C([2H])([2H])C([2H])([2H])C([2H])([2H])C(=O)OCOC(=O)C1=C(C)NC(C)=C(C(=O)OC)C1c1cccc(Cl)c1Cl. The molecule has 0 fully saturated rings. The Balaban J connectivity index is 2.38. The van der Waals surface area contributed by atoms with Crippen LogP contribution >= 0.6 is 23.2 Å². The lowest BCUT2D eigenvalue weighted by molar-refractivity contribution is -0.164. The monoisotopic (exact) mass is 462 g/mol. The maximum absolute atomic E-state index is 13.1. The Labute approximate surface area is 194 Å². The minimum absolute atomic E-state index is 0.0171. The van der Waals surface area contributed by atoms with Crippen molar-refractivity contribution in [3.05, 3.63) is 56.3 Å². The Morgan fingerprint density at radius 3 is 2.43 bits per heavy atom. The average Bonchev–Trinajstić information content (AvgIpc) is 2.78. The van der Waals surface area contributed by atoms with E-state index in [1.165, 1.54) is 19.1 Å². The van der Waals surface area contributed by atoms with Gasteiger partial charge in [-0.05, 0) is 31.9 Å². The number of rotatable bonds is 7. The highest BCUT2D eigenvalue weighted by Crippen LogP contribution is 2.43. The third-order valence-corrected chi connectivity index (χ3v) is 5.06. The molecular weight excluding hydrogens is 433 g/mol. The van der Waals surface area contributed by atoms with Gasteiger partial charge in [0.05, 0.1) is 34.2 Å². The summed E-state index contributed by atoms with van der Waals surface area (Å²) >= 11 is 12.5. The summed E-state index contributed by atoms with van der Waals surface area (Å²) in [6.45, 7) is -1.59. The van der Waals surface area contributed by atoms with E-state index in [4.69, 9.17) is 42.3 Å². The van der Waals surface area contributed by atoms with Gasteiger partial charge < -0.3 is 19.5 Å². The molecule has 0 aliphatic carbocycles. The highest BCUT2D eigenvalue weighted by molar-refractivity contribution is 6.42. The van der Waals surface area contributed by atoms with Crippen molar-refractivity contribution in [2.75, 3.05) is 13.9 Å². The van der Waals surface area contributed by atoms with Crippen LogP contribution in [0.3, 0.4) is 0 Å². The van der Waals surface area contributed by atoms with Gasteiger partial charge in [0.2, 0.25) is 6.79 Å². The van der Waals surface area contributed by atoms with Crippen molar-refractivity contribution in [2.24, 2.45) is 0 Å². The van der Waals surface area contributed by atoms with Crippen molar-refractivity contribution in [2.45, 2.75) is 39.4 Å². The fourth-order valence-corrected chi connectivity index (χ4v) is 3.42. The van der Waals surface area contributed by atoms with Crippen LogP contribution in [0.25, 0.3) is 0 Å². The number of ether oxygens (including phenoxy) is 3. The van der Waals surface area contributed by atoms with Crippen LogP contribution in [-0.2, 0) is 28.6 Å². The van der Waals surface area contributed by atoms with Crippen molar-refractivity contribution >= 4 is 41.1 Å². The molecule has 1 aliphatic heterocycles. The van der Waals surface area contributed by atoms with E-state index in [1.807, 2.05) is 0 Å². The Hall–Kier alpha value is -2.51. The van der Waals surface area contributed by atoms with Crippen molar-refractivity contribution < 1.29 is 38.2 Å². The van der Waals surface area contributed by atoms with Crippen molar-refractivity contribution in [3.8, 4) is 0 Å². The first-order valence-corrected chi connectivity index (χ1v) is 9.20. The van der Waals surface area contributed by atoms with E-state index in [0.29, 0.717) is 5.70 Å². The highest BCUT2D eigenvalue weighted by Gasteiger charge is 2.39. The van der Waals surface area contributed by atoms with Crippen LogP contribution in [0.15, 0.2) is 40.7 Å². The lowest BCUT2D eigenvalue weighted by Gasteiger charge is -2.30. The second kappa shape index (κ2) is 10.5. The Bertz CT molecular complexity index is 1180. The molecule has 162 valence electrons. The van der Waals surface area contributed by atoms with E-state index in [2.05, 4.69) is 10.1 Å². The standard InChI is InChI=1S/C21H23Cl2NO6/c1-5-7-15(25)29-10-30-21(27)17-12(3)24-11(2)16(20(26)28-4)18(17)13-8-6-9-14(22)19(13)23/h6,8-9,18,24H,5,7,10H2,1-4H3/i1D3,5D2,7D2. The van der Waals surface area contributed by atoms with Crippen LogP contribution in [0.5, 0.6) is 0 Å². The number of carbonyl (C=O) groups excluding carboxylic acids is 3. The molecule has 0 saturated carbocycles. The van der Waals surface area contributed by atoms with Gasteiger partial charge in [-0.2, -0.15) is 0 Å². The summed E-state index contributed by atoms with van der Waals surface area (Å²) in [4.78, 5) is 37.9. The predicted molar refractivity (Wildman–Crippen MR) is 112 cm³/mol. The van der Waals surface area contributed by atoms with Gasteiger partial charge in [0.1, 0.15) is 0 Å². The van der Waals surface area contributed by atoms with Gasteiger partial charge in [-0.1, -0.05) is 42.2 Å². The van der Waals surface area contributed by atoms with Gasteiger partial charge in [-0.15, -0.1) is 0 Å². The van der Waals surface area contributed by atoms with Gasteiger partial charge in [0.15, 0.2) is 0 Å². The minimum atomic E-state index is -3.60. The number of halogens is 2. The number of nitrogens with one attached hydrogen (secondary N) is 1. The molecule has 30 heavy (non-hydrogen) atoms. The van der Waals surface area contributed by atoms with E-state index in [0.717, 1.165) is 7.11 Å². The van der Waals surface area contributed by atoms with Crippen molar-refractivity contribution in [1.29, 1.82) is 0 Å². The first-order chi connectivity index (χ1) is 16.9. The van der Waals surface area contributed by atoms with E-state index < -0.39 is 50.2 Å². The lowest BCUT2D eigenvalue weighted by Crippen LogP contribution is -2.32. The predicted octanol–water partition coefficient (Wildman–Crippen LogP) is 4.25. The molecule has 0 saturated heterocycles. The van der Waals surface area contributed by atoms with Gasteiger partial charge in [0.25, 0.3) is 0 Å². The van der Waals surface area contributed by atoms with Crippen LogP contribution < -0.4 is 5.32 Å². The Kier molecular flexibility index (Phi) is 5.36. The van der Waals surface area contributed by atoms with E-state index in [-0.39, 0.29) is 32.5 Å². The van der Waals surface area contributed by atoms with Gasteiger partial charge >= 0.3 is 17.9 Å². The van der Waals surface area contributed by atoms with Crippen LogP contribution in [0, 0.1) is 0 Å². The van der Waals surface area contributed by atoms with Gasteiger partial charge in [0, 0.05) is 27.4 Å². The third-order valence-electron chi connectivity index (χ3n) is 4.22. The number of hydrogen-bond acceptors (Lipinski definition) is 7. The fraction of sp³-hybridized carbons (Fsp3) is 0.381. The summed E-state index contributed by atoms with van der Waals surface area (Å²) in [5, 5.41) is 3.06. The molecule has 1 heterocycles. The van der Waals surface area contributed by atoms with Gasteiger partial charge in [-0.3, -0.25) is 4.79 Å². The summed E-state index contributed by atoms with van der Waals surface area (Å²) in [6, 6.07) is 4.59. The zero-order chi connectivity index (χ0) is 28.5. The number of allylic oxidation sites excluding steroid dienone is 2. The molecule has 1 aliphatic rings. The minimum Gasteiger partial charge on any atom is -0.466 e. The lowest BCUT2D eigenvalue weighted by atomic mass is 9.80. The number of carbonyl (C=O) groups is 3. The molecule has 1 aromatic rings. The molecule has 1 N–H and O–H groups in total. The van der Waals surface area contributed by atoms with Crippen LogP contribution in [0.1, 0.15) is 54.5 Å². The summed E-state index contributed by atoms with van der Waals surface area (Å²) in [5.74, 6) is -4.91. The normalized spacial score (nSPS) is 21.0. The number of esters is 3. The van der Waals surface area contributed by atoms with Crippen LogP contribution in [0.2, 0.25) is 10.0 Å². The molecule has 0 bridgehead atoms. The Morgan fingerprint density at radius 2 is 1.80 bits per heavy atom. The number of methoxy groups -OCH3 is 1. The molecule has 0 aromatic heterocycles. The van der Waals surface area contributed by atoms with E-state index in [1.54, 1.807) is 13.0 Å². The third kappa shape index (κ3) is 5.15. The van der Waals surface area contributed by atoms with Crippen LogP contribution in [0.4, 0.5) is 0 Å². The first-order valence-electron chi connectivity index (χ1n) is 11.9. The number of hydrogen-bond donors (Lipinski definition) is 1. The van der Waals surface area contributed by atoms with Crippen molar-refractivity contribution in [3.63, 3.8) is 0 Å². The molecular formula is C21H23Cl2NO6. The molecule has 0 radical (unpaired) electrons. The number of benzene rings is 1.